The van der Waals surface area contributed by atoms with Gasteiger partial charge in [-0.3, -0.25) is 5.43 Å². The summed E-state index contributed by atoms with van der Waals surface area (Å²) in [5.41, 5.74) is 3.50. The lowest BCUT2D eigenvalue weighted by Gasteiger charge is -2.34. The second kappa shape index (κ2) is 8.37. The van der Waals surface area contributed by atoms with Crippen LogP contribution in [-0.4, -0.2) is 69.5 Å². The highest BCUT2D eigenvalue weighted by Gasteiger charge is 2.23. The predicted octanol–water partition coefficient (Wildman–Crippen LogP) is 0.849. The fraction of sp³-hybridized carbons (Fsp3) is 0.500. The molecule has 2 rings (SSSR count). The van der Waals surface area contributed by atoms with E-state index in [0.29, 0.717) is 49.4 Å². The highest BCUT2D eigenvalue weighted by atomic mass is 32.1. The number of carbonyl (C=O) groups excluding carboxylic acids is 1. The van der Waals surface area contributed by atoms with Gasteiger partial charge >= 0.3 is 6.09 Å². The van der Waals surface area contributed by atoms with Gasteiger partial charge in [-0.2, -0.15) is 5.10 Å². The summed E-state index contributed by atoms with van der Waals surface area (Å²) in [6.45, 7) is 6.42. The molecular weight excluding hydrogens is 316 g/mol. The first-order valence-electron chi connectivity index (χ1n) is 7.40. The molecule has 0 aromatic carbocycles. The van der Waals surface area contributed by atoms with Gasteiger partial charge < -0.3 is 14.5 Å². The Morgan fingerprint density at radius 1 is 1.30 bits per heavy atom. The van der Waals surface area contributed by atoms with E-state index in [1.165, 1.54) is 0 Å². The number of amides is 1. The summed E-state index contributed by atoms with van der Waals surface area (Å²) in [6.07, 6.45) is 3.05. The first-order chi connectivity index (χ1) is 11.1. The summed E-state index contributed by atoms with van der Waals surface area (Å²) in [6, 6.07) is 1.75. The quantitative estimate of drug-likeness (QED) is 0.498. The number of thiocarbonyl (C=S) groups is 1. The van der Waals surface area contributed by atoms with Crippen LogP contribution in [0.4, 0.5) is 4.79 Å². The van der Waals surface area contributed by atoms with Gasteiger partial charge in [-0.25, -0.2) is 14.8 Å². The predicted molar refractivity (Wildman–Crippen MR) is 90.1 cm³/mol. The van der Waals surface area contributed by atoms with Crippen molar-refractivity contribution >= 4 is 29.1 Å². The first-order valence-corrected chi connectivity index (χ1v) is 7.81. The zero-order valence-corrected chi connectivity index (χ0v) is 14.0. The summed E-state index contributed by atoms with van der Waals surface area (Å²) in [5.74, 6) is 0.551. The van der Waals surface area contributed by atoms with E-state index in [1.807, 2.05) is 11.8 Å². The summed E-state index contributed by atoms with van der Waals surface area (Å²) >= 11 is 5.33. The average molecular weight is 336 g/mol. The van der Waals surface area contributed by atoms with Crippen LogP contribution in [0.2, 0.25) is 0 Å². The van der Waals surface area contributed by atoms with Crippen LogP contribution in [0, 0.1) is 0 Å². The third-order valence-electron chi connectivity index (χ3n) is 3.30. The zero-order valence-electron chi connectivity index (χ0n) is 13.2. The van der Waals surface area contributed by atoms with Gasteiger partial charge in [0.2, 0.25) is 0 Å². The van der Waals surface area contributed by atoms with E-state index < -0.39 is 0 Å². The molecule has 0 atom stereocenters. The van der Waals surface area contributed by atoms with Gasteiger partial charge in [0.05, 0.1) is 6.61 Å². The van der Waals surface area contributed by atoms with E-state index in [0.717, 1.165) is 0 Å². The van der Waals surface area contributed by atoms with Crippen LogP contribution >= 0.6 is 12.2 Å². The maximum atomic E-state index is 11.6. The maximum absolute atomic E-state index is 11.6. The summed E-state index contributed by atoms with van der Waals surface area (Å²) in [5, 5.41) is 4.72. The molecule has 9 heteroatoms. The van der Waals surface area contributed by atoms with E-state index >= 15 is 0 Å². The number of hydrazone groups is 1. The van der Waals surface area contributed by atoms with E-state index in [4.69, 9.17) is 17.0 Å². The van der Waals surface area contributed by atoms with Gasteiger partial charge in [-0.15, -0.1) is 0 Å². The Bertz CT molecular complexity index is 572. The Hall–Kier alpha value is -2.29. The standard InChI is InChI=1S/C14H20N6O2S/c1-3-22-14(21)20-9-7-19(8-10-20)13(23)18-17-11(2)12-15-5-4-6-16-12/h4-6H,3,7-10H2,1-2H3,(H,18,23)/b17-11-. The van der Waals surface area contributed by atoms with Crippen molar-refractivity contribution in [1.82, 2.24) is 25.2 Å². The van der Waals surface area contributed by atoms with E-state index in [9.17, 15) is 4.79 Å². The van der Waals surface area contributed by atoms with E-state index in [1.54, 1.807) is 30.3 Å². The largest absolute Gasteiger partial charge is 0.450 e. The number of nitrogens with zero attached hydrogens (tertiary/aromatic N) is 5. The molecule has 0 radical (unpaired) electrons. The van der Waals surface area contributed by atoms with Crippen molar-refractivity contribution in [2.45, 2.75) is 13.8 Å². The molecule has 0 bridgehead atoms. The number of aromatic nitrogens is 2. The summed E-state index contributed by atoms with van der Waals surface area (Å²) < 4.78 is 4.99. The summed E-state index contributed by atoms with van der Waals surface area (Å²) in [4.78, 5) is 23.5. The zero-order chi connectivity index (χ0) is 16.7. The molecule has 0 saturated carbocycles. The fourth-order valence-corrected chi connectivity index (χ4v) is 2.27. The number of piperazine rings is 1. The van der Waals surface area contributed by atoms with Crippen LogP contribution in [0.25, 0.3) is 0 Å². The molecule has 2 heterocycles. The molecule has 124 valence electrons. The minimum Gasteiger partial charge on any atom is -0.450 e. The molecule has 1 aromatic heterocycles. The normalized spacial score (nSPS) is 15.3. The van der Waals surface area contributed by atoms with Crippen LogP contribution in [0.5, 0.6) is 0 Å². The molecule has 23 heavy (non-hydrogen) atoms. The fourth-order valence-electron chi connectivity index (χ4n) is 2.05. The van der Waals surface area contributed by atoms with Gasteiger partial charge in [-0.1, -0.05) is 0 Å². The highest BCUT2D eigenvalue weighted by Crippen LogP contribution is 2.04. The third-order valence-corrected chi connectivity index (χ3v) is 3.65. The maximum Gasteiger partial charge on any atom is 0.409 e. The molecule has 0 aliphatic carbocycles. The average Bonchev–Trinajstić information content (AvgIpc) is 2.60. The number of hydrogen-bond acceptors (Lipinski definition) is 6. The summed E-state index contributed by atoms with van der Waals surface area (Å²) in [7, 11) is 0. The minimum atomic E-state index is -0.277. The molecule has 1 aliphatic rings. The number of ether oxygens (including phenoxy) is 1. The van der Waals surface area contributed by atoms with E-state index in [-0.39, 0.29) is 6.09 Å². The molecular formula is C14H20N6O2S. The molecule has 0 unspecified atom stereocenters. The molecule has 1 fully saturated rings. The first kappa shape index (κ1) is 17.1. The van der Waals surface area contributed by atoms with Crippen molar-refractivity contribution in [3.05, 3.63) is 24.3 Å². The number of hydrogen-bond donors (Lipinski definition) is 1. The lowest BCUT2D eigenvalue weighted by Crippen LogP contribution is -2.52. The number of carbonyl (C=O) groups is 1. The Morgan fingerprint density at radius 2 is 1.91 bits per heavy atom. The second-order valence-corrected chi connectivity index (χ2v) is 5.25. The molecule has 1 N–H and O–H groups in total. The van der Waals surface area contributed by atoms with E-state index in [2.05, 4.69) is 20.5 Å². The van der Waals surface area contributed by atoms with Crippen LogP contribution in [0.1, 0.15) is 19.7 Å². The lowest BCUT2D eigenvalue weighted by molar-refractivity contribution is 0.0919. The Morgan fingerprint density at radius 3 is 2.52 bits per heavy atom. The van der Waals surface area contributed by atoms with Gasteiger partial charge in [0.25, 0.3) is 0 Å². The Kier molecular flexibility index (Phi) is 6.21. The van der Waals surface area contributed by atoms with Gasteiger partial charge in [0.15, 0.2) is 10.9 Å². The molecule has 1 amide bonds. The molecule has 1 saturated heterocycles. The third kappa shape index (κ3) is 4.85. The molecule has 8 nitrogen and oxygen atoms in total. The smallest absolute Gasteiger partial charge is 0.409 e. The highest BCUT2D eigenvalue weighted by molar-refractivity contribution is 7.80. The van der Waals surface area contributed by atoms with Crippen molar-refractivity contribution in [3.8, 4) is 0 Å². The van der Waals surface area contributed by atoms with Crippen LogP contribution in [0.3, 0.4) is 0 Å². The van der Waals surface area contributed by atoms with Crippen LogP contribution in [-0.2, 0) is 4.74 Å². The monoisotopic (exact) mass is 336 g/mol. The van der Waals surface area contributed by atoms with Crippen molar-refractivity contribution in [1.29, 1.82) is 0 Å². The Labute approximate surface area is 140 Å². The van der Waals surface area contributed by atoms with Crippen molar-refractivity contribution in [2.75, 3.05) is 32.8 Å². The van der Waals surface area contributed by atoms with Crippen molar-refractivity contribution in [2.24, 2.45) is 5.10 Å². The lowest BCUT2D eigenvalue weighted by atomic mass is 10.3. The Balaban J connectivity index is 1.82. The van der Waals surface area contributed by atoms with Crippen LogP contribution in [0.15, 0.2) is 23.6 Å². The van der Waals surface area contributed by atoms with Crippen molar-refractivity contribution in [3.63, 3.8) is 0 Å². The molecule has 1 aliphatic heterocycles. The van der Waals surface area contributed by atoms with Gasteiger partial charge in [-0.05, 0) is 32.1 Å². The second-order valence-electron chi connectivity index (χ2n) is 4.86. The number of rotatable bonds is 3. The van der Waals surface area contributed by atoms with Gasteiger partial charge in [0, 0.05) is 38.6 Å². The van der Waals surface area contributed by atoms with Crippen molar-refractivity contribution < 1.29 is 9.53 Å². The van der Waals surface area contributed by atoms with Gasteiger partial charge in [0.1, 0.15) is 5.71 Å². The molecule has 1 aromatic rings. The molecule has 0 spiro atoms. The topological polar surface area (TPSA) is 83.0 Å². The number of nitrogens with one attached hydrogen (secondary N) is 1. The minimum absolute atomic E-state index is 0.277. The van der Waals surface area contributed by atoms with Crippen LogP contribution < -0.4 is 5.43 Å². The SMILES string of the molecule is CCOC(=O)N1CCN(C(=S)N/N=C(/C)c2ncccn2)CC1.